The maximum Gasteiger partial charge on any atom is 0.214 e. The van der Waals surface area contributed by atoms with Crippen LogP contribution in [0, 0.1) is 17.8 Å². The number of nitrogens with zero attached hydrogens (tertiary/aromatic N) is 1. The van der Waals surface area contributed by atoms with Crippen molar-refractivity contribution in [1.29, 1.82) is 0 Å². The number of hydrogen-bond acceptors (Lipinski definition) is 3. The van der Waals surface area contributed by atoms with Gasteiger partial charge in [0.05, 0.1) is 5.75 Å². The highest BCUT2D eigenvalue weighted by atomic mass is 32.2. The lowest BCUT2D eigenvalue weighted by molar-refractivity contribution is 0.158. The van der Waals surface area contributed by atoms with E-state index in [1.807, 2.05) is 13.8 Å². The van der Waals surface area contributed by atoms with Gasteiger partial charge in [-0.25, -0.2) is 12.7 Å². The predicted octanol–water partition coefficient (Wildman–Crippen LogP) is 0.513. The number of piperidine rings is 2. The third-order valence-corrected chi connectivity index (χ3v) is 5.57. The highest BCUT2D eigenvalue weighted by molar-refractivity contribution is 7.89. The molecule has 2 atom stereocenters. The molecule has 0 radical (unpaired) electrons. The standard InChI is InChI=1S/C11H22N2O2S/c1-9(2)8-16(14,15)13-6-10-3-11(7-13)5-12-4-10/h9-12H,3-8H2,1-2H3/t10-,11-/m1/s1. The fourth-order valence-electron chi connectivity index (χ4n) is 2.81. The van der Waals surface area contributed by atoms with E-state index in [0.717, 1.165) is 26.2 Å². The van der Waals surface area contributed by atoms with Gasteiger partial charge in [-0.15, -0.1) is 0 Å². The van der Waals surface area contributed by atoms with E-state index in [9.17, 15) is 8.42 Å². The molecule has 0 saturated carbocycles. The van der Waals surface area contributed by atoms with Crippen LogP contribution >= 0.6 is 0 Å². The van der Waals surface area contributed by atoms with Crippen LogP contribution in [0.2, 0.25) is 0 Å². The summed E-state index contributed by atoms with van der Waals surface area (Å²) in [5, 5.41) is 3.38. The van der Waals surface area contributed by atoms with E-state index >= 15 is 0 Å². The van der Waals surface area contributed by atoms with Crippen LogP contribution in [0.15, 0.2) is 0 Å². The average molecular weight is 246 g/mol. The van der Waals surface area contributed by atoms with E-state index in [0.29, 0.717) is 17.6 Å². The Morgan fingerprint density at radius 1 is 1.25 bits per heavy atom. The summed E-state index contributed by atoms with van der Waals surface area (Å²) in [5.41, 5.74) is 0. The quantitative estimate of drug-likeness (QED) is 0.789. The molecule has 0 spiro atoms. The van der Waals surface area contributed by atoms with Crippen molar-refractivity contribution in [2.24, 2.45) is 17.8 Å². The molecule has 0 unspecified atom stereocenters. The Morgan fingerprint density at radius 2 is 1.81 bits per heavy atom. The van der Waals surface area contributed by atoms with Crippen molar-refractivity contribution in [2.45, 2.75) is 20.3 Å². The summed E-state index contributed by atoms with van der Waals surface area (Å²) < 4.78 is 26.0. The van der Waals surface area contributed by atoms with Crippen molar-refractivity contribution in [1.82, 2.24) is 9.62 Å². The van der Waals surface area contributed by atoms with Crippen LogP contribution in [0.1, 0.15) is 20.3 Å². The molecule has 2 bridgehead atoms. The van der Waals surface area contributed by atoms with Gasteiger partial charge in [-0.3, -0.25) is 0 Å². The van der Waals surface area contributed by atoms with Crippen molar-refractivity contribution >= 4 is 10.0 Å². The molecule has 2 rings (SSSR count). The van der Waals surface area contributed by atoms with Gasteiger partial charge in [-0.05, 0) is 37.3 Å². The van der Waals surface area contributed by atoms with Gasteiger partial charge >= 0.3 is 0 Å². The van der Waals surface area contributed by atoms with E-state index < -0.39 is 10.0 Å². The second kappa shape index (κ2) is 4.63. The van der Waals surface area contributed by atoms with Gasteiger partial charge in [-0.2, -0.15) is 0 Å². The average Bonchev–Trinajstić information content (AvgIpc) is 2.14. The van der Waals surface area contributed by atoms with Gasteiger partial charge in [-0.1, -0.05) is 13.8 Å². The van der Waals surface area contributed by atoms with Gasteiger partial charge in [0.1, 0.15) is 0 Å². The molecule has 2 fully saturated rings. The highest BCUT2D eigenvalue weighted by Crippen LogP contribution is 2.26. The Kier molecular flexibility index (Phi) is 3.56. The molecule has 0 aliphatic carbocycles. The van der Waals surface area contributed by atoms with Gasteiger partial charge in [0.2, 0.25) is 10.0 Å². The van der Waals surface area contributed by atoms with Crippen molar-refractivity contribution in [3.8, 4) is 0 Å². The number of hydrogen-bond donors (Lipinski definition) is 1. The van der Waals surface area contributed by atoms with E-state index in [-0.39, 0.29) is 5.92 Å². The first-order chi connectivity index (χ1) is 7.47. The Balaban J connectivity index is 2.04. The maximum absolute atomic E-state index is 12.1. The summed E-state index contributed by atoms with van der Waals surface area (Å²) in [4.78, 5) is 0. The second-order valence-electron chi connectivity index (χ2n) is 5.62. The first-order valence-corrected chi connectivity index (χ1v) is 7.77. The van der Waals surface area contributed by atoms with E-state index in [1.54, 1.807) is 4.31 Å². The number of rotatable bonds is 3. The van der Waals surface area contributed by atoms with Gasteiger partial charge < -0.3 is 5.32 Å². The van der Waals surface area contributed by atoms with Crippen LogP contribution in [0.5, 0.6) is 0 Å². The molecule has 0 aromatic carbocycles. The smallest absolute Gasteiger partial charge is 0.214 e. The Bertz CT molecular complexity index is 328. The van der Waals surface area contributed by atoms with Crippen molar-refractivity contribution in [3.63, 3.8) is 0 Å². The molecule has 0 amide bonds. The van der Waals surface area contributed by atoms with E-state index in [4.69, 9.17) is 0 Å². The van der Waals surface area contributed by atoms with E-state index in [2.05, 4.69) is 5.32 Å². The summed E-state index contributed by atoms with van der Waals surface area (Å²) >= 11 is 0. The summed E-state index contributed by atoms with van der Waals surface area (Å²) in [7, 11) is -3.02. The minimum atomic E-state index is -3.02. The van der Waals surface area contributed by atoms with Crippen LogP contribution in [-0.2, 0) is 10.0 Å². The molecule has 0 aromatic heterocycles. The summed E-state index contributed by atoms with van der Waals surface area (Å²) in [6.45, 7) is 7.32. The molecule has 2 saturated heterocycles. The van der Waals surface area contributed by atoms with E-state index in [1.165, 1.54) is 6.42 Å². The first-order valence-electron chi connectivity index (χ1n) is 6.16. The lowest BCUT2D eigenvalue weighted by Gasteiger charge is -2.41. The van der Waals surface area contributed by atoms with Crippen molar-refractivity contribution in [3.05, 3.63) is 0 Å². The molecular formula is C11H22N2O2S. The SMILES string of the molecule is CC(C)CS(=O)(=O)N1C[C@H]2CNC[C@@H](C2)C1. The van der Waals surface area contributed by atoms with Gasteiger partial charge in [0, 0.05) is 13.1 Å². The van der Waals surface area contributed by atoms with Gasteiger partial charge in [0.15, 0.2) is 0 Å². The Morgan fingerprint density at radius 3 is 2.31 bits per heavy atom. The maximum atomic E-state index is 12.1. The molecule has 1 N–H and O–H groups in total. The van der Waals surface area contributed by atoms with Crippen LogP contribution in [0.4, 0.5) is 0 Å². The summed E-state index contributed by atoms with van der Waals surface area (Å²) in [6, 6.07) is 0. The largest absolute Gasteiger partial charge is 0.316 e. The number of fused-ring (bicyclic) bond motifs is 2. The normalized spacial score (nSPS) is 31.9. The lowest BCUT2D eigenvalue weighted by atomic mass is 9.87. The molecule has 5 heteroatoms. The van der Waals surface area contributed by atoms with Crippen LogP contribution in [0.3, 0.4) is 0 Å². The zero-order chi connectivity index (χ0) is 11.8. The Hall–Kier alpha value is -0.130. The van der Waals surface area contributed by atoms with Crippen LogP contribution in [0.25, 0.3) is 0 Å². The van der Waals surface area contributed by atoms with Crippen molar-refractivity contribution in [2.75, 3.05) is 31.9 Å². The lowest BCUT2D eigenvalue weighted by Crippen LogP contribution is -2.53. The van der Waals surface area contributed by atoms with Gasteiger partial charge in [0.25, 0.3) is 0 Å². The third-order valence-electron chi connectivity index (χ3n) is 3.39. The molecule has 94 valence electrons. The number of nitrogens with one attached hydrogen (secondary N) is 1. The summed E-state index contributed by atoms with van der Waals surface area (Å²) in [6.07, 6.45) is 1.20. The first kappa shape index (κ1) is 12.3. The van der Waals surface area contributed by atoms with Crippen molar-refractivity contribution < 1.29 is 8.42 Å². The molecule has 2 aliphatic rings. The molecule has 16 heavy (non-hydrogen) atoms. The molecule has 2 heterocycles. The minimum Gasteiger partial charge on any atom is -0.316 e. The second-order valence-corrected chi connectivity index (χ2v) is 7.63. The fourth-order valence-corrected chi connectivity index (χ4v) is 4.74. The fraction of sp³-hybridized carbons (Fsp3) is 1.00. The summed E-state index contributed by atoms with van der Waals surface area (Å²) in [5.74, 6) is 1.55. The highest BCUT2D eigenvalue weighted by Gasteiger charge is 2.35. The molecular weight excluding hydrogens is 224 g/mol. The monoisotopic (exact) mass is 246 g/mol. The Labute approximate surface area is 98.4 Å². The number of sulfonamides is 1. The zero-order valence-corrected chi connectivity index (χ0v) is 11.0. The zero-order valence-electron chi connectivity index (χ0n) is 10.1. The molecule has 2 aliphatic heterocycles. The molecule has 0 aromatic rings. The van der Waals surface area contributed by atoms with Crippen LogP contribution < -0.4 is 5.32 Å². The molecule has 4 nitrogen and oxygen atoms in total. The van der Waals surface area contributed by atoms with Crippen LogP contribution in [-0.4, -0.2) is 44.7 Å². The topological polar surface area (TPSA) is 49.4 Å². The predicted molar refractivity (Wildman–Crippen MR) is 64.7 cm³/mol. The third kappa shape index (κ3) is 2.76. The minimum absolute atomic E-state index is 0.213.